The normalized spacial score (nSPS) is 10.7. The van der Waals surface area contributed by atoms with Gasteiger partial charge in [-0.1, -0.05) is 15.9 Å². The van der Waals surface area contributed by atoms with Crippen LogP contribution in [0.5, 0.6) is 11.5 Å². The summed E-state index contributed by atoms with van der Waals surface area (Å²) in [6.45, 7) is 2.02. The molecule has 1 aromatic heterocycles. The second-order valence-electron chi connectivity index (χ2n) is 4.59. The number of aryl methyl sites for hydroxylation is 1. The first-order valence-electron chi connectivity index (χ1n) is 6.21. The fraction of sp³-hybridized carbons (Fsp3) is 0.0625. The quantitative estimate of drug-likeness (QED) is 0.695. The third-order valence-electron chi connectivity index (χ3n) is 3.17. The molecule has 0 bridgehead atoms. The Morgan fingerprint density at radius 3 is 2.65 bits per heavy atom. The molecule has 3 nitrogen and oxygen atoms in total. The van der Waals surface area contributed by atoms with Crippen molar-refractivity contribution >= 4 is 32.4 Å². The van der Waals surface area contributed by atoms with E-state index in [9.17, 15) is 0 Å². The van der Waals surface area contributed by atoms with Gasteiger partial charge in [-0.2, -0.15) is 0 Å². The summed E-state index contributed by atoms with van der Waals surface area (Å²) in [5.41, 5.74) is 7.74. The third-order valence-corrected chi connectivity index (χ3v) is 3.66. The van der Waals surface area contributed by atoms with Crippen molar-refractivity contribution in [2.45, 2.75) is 6.92 Å². The molecule has 0 aliphatic carbocycles. The molecule has 4 heteroatoms. The highest BCUT2D eigenvalue weighted by Crippen LogP contribution is 2.34. The summed E-state index contributed by atoms with van der Waals surface area (Å²) in [4.78, 5) is 4.11. The Bertz CT molecular complexity index is 787. The van der Waals surface area contributed by atoms with Gasteiger partial charge in [-0.05, 0) is 48.9 Å². The molecule has 20 heavy (non-hydrogen) atoms. The van der Waals surface area contributed by atoms with Crippen LogP contribution in [0.15, 0.2) is 53.3 Å². The van der Waals surface area contributed by atoms with Gasteiger partial charge >= 0.3 is 0 Å². The molecule has 0 radical (unpaired) electrons. The van der Waals surface area contributed by atoms with Crippen LogP contribution in [0.3, 0.4) is 0 Å². The predicted molar refractivity (Wildman–Crippen MR) is 85.1 cm³/mol. The number of nitrogen functional groups attached to an aromatic ring is 1. The SMILES string of the molecule is Cc1cc(Br)ccc1Oc1ccc(N)c2cnccc12. The first-order chi connectivity index (χ1) is 9.65. The van der Waals surface area contributed by atoms with Crippen LogP contribution in [0, 0.1) is 6.92 Å². The fourth-order valence-corrected chi connectivity index (χ4v) is 2.59. The number of benzene rings is 2. The molecule has 3 aromatic rings. The maximum atomic E-state index is 6.03. The lowest BCUT2D eigenvalue weighted by Gasteiger charge is -2.12. The van der Waals surface area contributed by atoms with E-state index < -0.39 is 0 Å². The molecule has 2 N–H and O–H groups in total. The molecular weight excluding hydrogens is 316 g/mol. The van der Waals surface area contributed by atoms with Crippen molar-refractivity contribution in [2.75, 3.05) is 5.73 Å². The summed E-state index contributed by atoms with van der Waals surface area (Å²) >= 11 is 3.45. The molecule has 3 rings (SSSR count). The van der Waals surface area contributed by atoms with Gasteiger partial charge in [-0.3, -0.25) is 4.98 Å². The monoisotopic (exact) mass is 328 g/mol. The number of pyridine rings is 1. The summed E-state index contributed by atoms with van der Waals surface area (Å²) in [5, 5.41) is 1.86. The van der Waals surface area contributed by atoms with Gasteiger partial charge in [-0.15, -0.1) is 0 Å². The van der Waals surface area contributed by atoms with E-state index in [1.54, 1.807) is 12.4 Å². The smallest absolute Gasteiger partial charge is 0.135 e. The highest BCUT2D eigenvalue weighted by molar-refractivity contribution is 9.10. The molecule has 0 amide bonds. The number of hydrogen-bond donors (Lipinski definition) is 1. The van der Waals surface area contributed by atoms with Gasteiger partial charge in [0.2, 0.25) is 0 Å². The zero-order valence-corrected chi connectivity index (χ0v) is 12.5. The van der Waals surface area contributed by atoms with Crippen molar-refractivity contribution in [1.82, 2.24) is 4.98 Å². The van der Waals surface area contributed by atoms with Crippen LogP contribution >= 0.6 is 15.9 Å². The number of fused-ring (bicyclic) bond motifs is 1. The lowest BCUT2D eigenvalue weighted by molar-refractivity contribution is 0.484. The van der Waals surface area contributed by atoms with Crippen molar-refractivity contribution in [1.29, 1.82) is 0 Å². The van der Waals surface area contributed by atoms with Crippen molar-refractivity contribution in [3.05, 3.63) is 58.8 Å². The summed E-state index contributed by atoms with van der Waals surface area (Å²) in [6, 6.07) is 11.6. The summed E-state index contributed by atoms with van der Waals surface area (Å²) < 4.78 is 7.06. The van der Waals surface area contributed by atoms with E-state index in [2.05, 4.69) is 20.9 Å². The van der Waals surface area contributed by atoms with E-state index in [0.717, 1.165) is 32.3 Å². The second-order valence-corrected chi connectivity index (χ2v) is 5.50. The van der Waals surface area contributed by atoms with Crippen LogP contribution in [-0.4, -0.2) is 4.98 Å². The van der Waals surface area contributed by atoms with Gasteiger partial charge in [0.1, 0.15) is 11.5 Å². The Labute approximate surface area is 125 Å². The van der Waals surface area contributed by atoms with Gasteiger partial charge in [0.15, 0.2) is 0 Å². The molecule has 0 saturated carbocycles. The highest BCUT2D eigenvalue weighted by Gasteiger charge is 2.08. The van der Waals surface area contributed by atoms with E-state index in [0.29, 0.717) is 5.69 Å². The molecule has 0 aliphatic rings. The van der Waals surface area contributed by atoms with Crippen LogP contribution in [0.25, 0.3) is 10.8 Å². The molecular formula is C16H13BrN2O. The number of anilines is 1. The average Bonchev–Trinajstić information content (AvgIpc) is 2.45. The largest absolute Gasteiger partial charge is 0.456 e. The Morgan fingerprint density at radius 1 is 1.05 bits per heavy atom. The molecule has 0 fully saturated rings. The van der Waals surface area contributed by atoms with Gasteiger partial charge in [0.25, 0.3) is 0 Å². The summed E-state index contributed by atoms with van der Waals surface area (Å²) in [6.07, 6.45) is 3.50. The van der Waals surface area contributed by atoms with Crippen molar-refractivity contribution in [3.8, 4) is 11.5 Å². The van der Waals surface area contributed by atoms with Crippen LogP contribution in [-0.2, 0) is 0 Å². The van der Waals surface area contributed by atoms with Crippen LogP contribution in [0.1, 0.15) is 5.56 Å². The lowest BCUT2D eigenvalue weighted by Crippen LogP contribution is -1.92. The van der Waals surface area contributed by atoms with Gasteiger partial charge in [0, 0.05) is 33.3 Å². The Hall–Kier alpha value is -2.07. The first-order valence-corrected chi connectivity index (χ1v) is 7.00. The van der Waals surface area contributed by atoms with E-state index in [1.807, 2.05) is 43.3 Å². The number of nitrogens with two attached hydrogens (primary N) is 1. The van der Waals surface area contributed by atoms with Crippen molar-refractivity contribution < 1.29 is 4.74 Å². The van der Waals surface area contributed by atoms with Crippen LogP contribution in [0.4, 0.5) is 5.69 Å². The standard InChI is InChI=1S/C16H13BrN2O/c1-10-8-11(17)2-4-15(10)20-16-5-3-14(18)13-9-19-7-6-12(13)16/h2-9H,18H2,1H3. The first kappa shape index (κ1) is 12.9. The lowest BCUT2D eigenvalue weighted by atomic mass is 10.1. The second kappa shape index (κ2) is 5.13. The number of rotatable bonds is 2. The van der Waals surface area contributed by atoms with Gasteiger partial charge in [0.05, 0.1) is 0 Å². The van der Waals surface area contributed by atoms with E-state index in [-0.39, 0.29) is 0 Å². The molecule has 0 aliphatic heterocycles. The minimum Gasteiger partial charge on any atom is -0.456 e. The van der Waals surface area contributed by atoms with Crippen LogP contribution < -0.4 is 10.5 Å². The number of nitrogens with zero attached hydrogens (tertiary/aromatic N) is 1. The van der Waals surface area contributed by atoms with Gasteiger partial charge in [-0.25, -0.2) is 0 Å². The molecule has 0 spiro atoms. The summed E-state index contributed by atoms with van der Waals surface area (Å²) in [5.74, 6) is 1.61. The maximum absolute atomic E-state index is 6.03. The predicted octanol–water partition coefficient (Wildman–Crippen LogP) is 4.68. The number of hydrogen-bond acceptors (Lipinski definition) is 3. The minimum absolute atomic E-state index is 0.702. The van der Waals surface area contributed by atoms with Crippen LogP contribution in [0.2, 0.25) is 0 Å². The maximum Gasteiger partial charge on any atom is 0.135 e. The van der Waals surface area contributed by atoms with E-state index >= 15 is 0 Å². The number of halogens is 1. The zero-order chi connectivity index (χ0) is 14.1. The molecule has 2 aromatic carbocycles. The molecule has 1 heterocycles. The topological polar surface area (TPSA) is 48.1 Å². The van der Waals surface area contributed by atoms with Gasteiger partial charge < -0.3 is 10.5 Å². The van der Waals surface area contributed by atoms with E-state index in [1.165, 1.54) is 0 Å². The highest BCUT2D eigenvalue weighted by atomic mass is 79.9. The van der Waals surface area contributed by atoms with Crippen molar-refractivity contribution in [2.24, 2.45) is 0 Å². The molecule has 0 saturated heterocycles. The third kappa shape index (κ3) is 2.34. The minimum atomic E-state index is 0.702. The molecule has 100 valence electrons. The van der Waals surface area contributed by atoms with Crippen molar-refractivity contribution in [3.63, 3.8) is 0 Å². The number of ether oxygens (including phenoxy) is 1. The number of aromatic nitrogens is 1. The Morgan fingerprint density at radius 2 is 1.85 bits per heavy atom. The molecule has 0 unspecified atom stereocenters. The summed E-state index contributed by atoms with van der Waals surface area (Å²) in [7, 11) is 0. The Kier molecular flexibility index (Phi) is 3.32. The van der Waals surface area contributed by atoms with E-state index in [4.69, 9.17) is 10.5 Å². The molecule has 0 atom stereocenters. The Balaban J connectivity index is 2.09. The fourth-order valence-electron chi connectivity index (χ4n) is 2.12. The average molecular weight is 329 g/mol. The zero-order valence-electron chi connectivity index (χ0n) is 10.9.